The van der Waals surface area contributed by atoms with E-state index in [0.29, 0.717) is 13.2 Å². The summed E-state index contributed by atoms with van der Waals surface area (Å²) in [6.45, 7) is 11.5. The first-order valence-corrected chi connectivity index (χ1v) is 12.3. The topological polar surface area (TPSA) is 86.7 Å². The summed E-state index contributed by atoms with van der Waals surface area (Å²) < 4.78 is 9.35. The molecule has 0 aromatic rings. The molecule has 0 aliphatic heterocycles. The van der Waals surface area contributed by atoms with Gasteiger partial charge in [-0.05, 0) is 0 Å². The van der Waals surface area contributed by atoms with Gasteiger partial charge in [0.1, 0.15) is 0 Å². The van der Waals surface area contributed by atoms with Crippen molar-refractivity contribution in [1.82, 2.24) is 0 Å². The van der Waals surface area contributed by atoms with Crippen LogP contribution < -0.4 is 0 Å². The van der Waals surface area contributed by atoms with E-state index in [0.717, 1.165) is 0 Å². The van der Waals surface area contributed by atoms with Crippen molar-refractivity contribution in [2.75, 3.05) is 26.4 Å². The Morgan fingerprint density at radius 1 is 0.720 bits per heavy atom. The van der Waals surface area contributed by atoms with E-state index in [-0.39, 0.29) is 54.2 Å². The predicted octanol–water partition coefficient (Wildman–Crippen LogP) is 2.84. The van der Waals surface area contributed by atoms with Crippen molar-refractivity contribution in [1.29, 1.82) is 0 Å². The van der Waals surface area contributed by atoms with Crippen molar-refractivity contribution in [2.45, 2.75) is 62.8 Å². The van der Waals surface area contributed by atoms with Crippen molar-refractivity contribution >= 4 is 19.7 Å². The first kappa shape index (κ1) is 24.3. The fraction of sp³-hybridized carbons (Fsp3) is 0.778. The Bertz CT molecular complexity index is 440. The van der Waals surface area contributed by atoms with Gasteiger partial charge < -0.3 is 0 Å². The summed E-state index contributed by atoms with van der Waals surface area (Å²) in [5, 5.41) is 0. The molecule has 0 heterocycles. The van der Waals surface area contributed by atoms with Crippen molar-refractivity contribution in [3.8, 4) is 0 Å². The zero-order chi connectivity index (χ0) is 19.6. The van der Waals surface area contributed by atoms with Gasteiger partial charge in [0.05, 0.1) is 0 Å². The third-order valence-electron chi connectivity index (χ3n) is 4.39. The van der Waals surface area contributed by atoms with E-state index in [1.54, 1.807) is 13.8 Å². The van der Waals surface area contributed by atoms with Crippen LogP contribution in [0.3, 0.4) is 0 Å². The zero-order valence-corrected chi connectivity index (χ0v) is 17.9. The van der Waals surface area contributed by atoms with Gasteiger partial charge in [-0.15, -0.1) is 0 Å². The number of ketones is 2. The van der Waals surface area contributed by atoms with Crippen LogP contribution in [-0.2, 0) is 45.2 Å². The summed E-state index contributed by atoms with van der Waals surface area (Å²) in [6.07, 6.45) is -0.552. The van der Waals surface area contributed by atoms with Gasteiger partial charge in [0.2, 0.25) is 0 Å². The van der Waals surface area contributed by atoms with Crippen molar-refractivity contribution in [3.05, 3.63) is 0 Å². The maximum absolute atomic E-state index is 13.0. The molecule has 0 spiro atoms. The van der Waals surface area contributed by atoms with E-state index in [9.17, 15) is 19.2 Å². The monoisotopic (exact) mass is 392 g/mol. The molecule has 0 saturated carbocycles. The molecule has 0 aromatic heterocycles. The molecule has 7 heteroatoms. The van der Waals surface area contributed by atoms with E-state index >= 15 is 0 Å². The number of hydrogen-bond acceptors (Lipinski definition) is 6. The second-order valence-electron chi connectivity index (χ2n) is 6.73. The van der Waals surface area contributed by atoms with E-state index in [1.807, 2.05) is 27.7 Å². The van der Waals surface area contributed by atoms with Gasteiger partial charge in [-0.2, -0.15) is 0 Å². The standard InChI is InChI=1S/2C6H9O3.2C3H7.Ti/c2*1-2-9-5-6(8)3-4-7;2*1-3-2;/h2*2-3,5H2,1H3;2*3H,1-2H3;. The molecule has 0 bridgehead atoms. The summed E-state index contributed by atoms with van der Waals surface area (Å²) in [7, 11) is 0. The molecule has 6 nitrogen and oxygen atoms in total. The van der Waals surface area contributed by atoms with Crippen LogP contribution in [0, 0.1) is 0 Å². The fourth-order valence-corrected chi connectivity index (χ4v) is 11.4. The Balaban J connectivity index is 5.43. The van der Waals surface area contributed by atoms with E-state index < -0.39 is 16.6 Å². The van der Waals surface area contributed by atoms with Gasteiger partial charge in [0, 0.05) is 0 Å². The van der Waals surface area contributed by atoms with E-state index in [1.165, 1.54) is 0 Å². The van der Waals surface area contributed by atoms with Gasteiger partial charge >= 0.3 is 154 Å². The normalized spacial score (nSPS) is 11.8. The number of hydrogen-bond donors (Lipinski definition) is 0. The van der Waals surface area contributed by atoms with Crippen LogP contribution in [0.1, 0.15) is 54.4 Å². The van der Waals surface area contributed by atoms with Crippen LogP contribution in [0.5, 0.6) is 0 Å². The first-order chi connectivity index (χ1) is 11.6. The fourth-order valence-electron chi connectivity index (χ4n) is 3.29. The van der Waals surface area contributed by atoms with Crippen molar-refractivity contribution in [3.63, 3.8) is 0 Å². The summed E-state index contributed by atoms with van der Waals surface area (Å²) in [5.74, 6) is -0.617. The number of carbonyl (C=O) groups is 4. The van der Waals surface area contributed by atoms with Gasteiger partial charge in [-0.3, -0.25) is 0 Å². The van der Waals surface area contributed by atoms with Crippen molar-refractivity contribution in [2.24, 2.45) is 0 Å². The summed E-state index contributed by atoms with van der Waals surface area (Å²) in [4.78, 5) is 50.0. The van der Waals surface area contributed by atoms with E-state index in [4.69, 9.17) is 9.47 Å². The number of Topliss-reactive ketones (excluding diaryl/α,β-unsaturated/α-hetero) is 2. The Hall–Kier alpha value is -0.686. The van der Waals surface area contributed by atoms with E-state index in [2.05, 4.69) is 0 Å². The van der Waals surface area contributed by atoms with Gasteiger partial charge in [0.15, 0.2) is 0 Å². The summed E-state index contributed by atoms with van der Waals surface area (Å²) >= 11 is -3.83. The Morgan fingerprint density at radius 3 is 1.28 bits per heavy atom. The molecule has 0 saturated heterocycles. The molecule has 0 radical (unpaired) electrons. The SMILES string of the molecule is CCOCC(=O)C[C](=O)[Ti]([C](=O)CC(=O)COCC)([CH](C)C)[CH](C)C. The second kappa shape index (κ2) is 11.8. The van der Waals surface area contributed by atoms with Crippen LogP contribution in [0.2, 0.25) is 8.45 Å². The third-order valence-corrected chi connectivity index (χ3v) is 13.5. The third kappa shape index (κ3) is 6.85. The number of carbonyl (C=O) groups excluding carboxylic acids is 4. The van der Waals surface area contributed by atoms with Gasteiger partial charge in [0.25, 0.3) is 0 Å². The molecule has 0 aliphatic carbocycles. The van der Waals surface area contributed by atoms with Gasteiger partial charge in [-0.25, -0.2) is 0 Å². The molecular weight excluding hydrogens is 360 g/mol. The molecule has 0 fully saturated rings. The average molecular weight is 392 g/mol. The summed E-state index contributed by atoms with van der Waals surface area (Å²) in [5.41, 5.74) is 0. The second-order valence-corrected chi connectivity index (χ2v) is 14.8. The molecule has 25 heavy (non-hydrogen) atoms. The minimum absolute atomic E-state index is 0.117. The molecule has 0 atom stereocenters. The molecule has 0 N–H and O–H groups in total. The summed E-state index contributed by atoms with van der Waals surface area (Å²) in [6, 6.07) is 0. The number of rotatable bonds is 14. The van der Waals surface area contributed by atoms with Crippen LogP contribution >= 0.6 is 0 Å². The number of ether oxygens (including phenoxy) is 2. The van der Waals surface area contributed by atoms with Gasteiger partial charge in [-0.1, -0.05) is 0 Å². The molecule has 0 unspecified atom stereocenters. The van der Waals surface area contributed by atoms with Crippen LogP contribution in [0.15, 0.2) is 0 Å². The Morgan fingerprint density at radius 2 is 1.04 bits per heavy atom. The minimum atomic E-state index is -3.83. The Kier molecular flexibility index (Phi) is 11.5. The molecular formula is C18H32O6Ti. The average Bonchev–Trinajstić information content (AvgIpc) is 2.50. The van der Waals surface area contributed by atoms with Crippen LogP contribution in [0.25, 0.3) is 0 Å². The van der Waals surface area contributed by atoms with Crippen LogP contribution in [0.4, 0.5) is 0 Å². The molecule has 144 valence electrons. The molecule has 0 rings (SSSR count). The molecule has 0 amide bonds. The Labute approximate surface area is 154 Å². The quantitative estimate of drug-likeness (QED) is 0.334. The molecule has 0 aliphatic rings. The maximum atomic E-state index is 13.0. The zero-order valence-electron chi connectivity index (χ0n) is 16.3. The van der Waals surface area contributed by atoms with Crippen molar-refractivity contribution < 1.29 is 45.2 Å². The van der Waals surface area contributed by atoms with Crippen LogP contribution in [-0.4, -0.2) is 46.2 Å². The predicted molar refractivity (Wildman–Crippen MR) is 92.4 cm³/mol. The first-order valence-electron chi connectivity index (χ1n) is 8.89. The molecule has 0 aromatic carbocycles.